The molecular formula is C17H29NOS. The van der Waals surface area contributed by atoms with Gasteiger partial charge in [0.15, 0.2) is 0 Å². The SMILES string of the molecule is CCCNC(CC)CCCS(=O)Cc1ccccc1C. The van der Waals surface area contributed by atoms with E-state index < -0.39 is 10.8 Å². The summed E-state index contributed by atoms with van der Waals surface area (Å²) in [6, 6.07) is 8.83. The molecule has 2 unspecified atom stereocenters. The first-order valence-corrected chi connectivity index (χ1v) is 9.29. The molecule has 0 aliphatic heterocycles. The molecule has 1 N–H and O–H groups in total. The maximum absolute atomic E-state index is 12.1. The Morgan fingerprint density at radius 3 is 2.65 bits per heavy atom. The average molecular weight is 295 g/mol. The molecule has 1 aromatic rings. The molecule has 2 atom stereocenters. The van der Waals surface area contributed by atoms with Crippen LogP contribution in [-0.4, -0.2) is 22.5 Å². The molecule has 0 bridgehead atoms. The van der Waals surface area contributed by atoms with E-state index in [0.29, 0.717) is 11.8 Å². The average Bonchev–Trinajstić information content (AvgIpc) is 2.45. The Morgan fingerprint density at radius 2 is 2.00 bits per heavy atom. The smallest absolute Gasteiger partial charge is 0.0488 e. The second-order valence-corrected chi connectivity index (χ2v) is 6.99. The molecule has 0 aliphatic rings. The lowest BCUT2D eigenvalue weighted by molar-refractivity contribution is 0.464. The third-order valence-corrected chi connectivity index (χ3v) is 5.06. The fourth-order valence-electron chi connectivity index (χ4n) is 2.31. The third kappa shape index (κ3) is 6.67. The molecule has 0 spiro atoms. The minimum absolute atomic E-state index is 0.588. The molecule has 0 amide bonds. The van der Waals surface area contributed by atoms with E-state index in [4.69, 9.17) is 0 Å². The summed E-state index contributed by atoms with van der Waals surface area (Å²) in [5, 5.41) is 3.55. The van der Waals surface area contributed by atoms with Gasteiger partial charge in [-0.2, -0.15) is 0 Å². The van der Waals surface area contributed by atoms with Gasteiger partial charge in [-0.3, -0.25) is 4.21 Å². The van der Waals surface area contributed by atoms with E-state index in [1.165, 1.54) is 17.5 Å². The Bertz CT molecular complexity index is 406. The van der Waals surface area contributed by atoms with Crippen LogP contribution in [-0.2, 0) is 16.6 Å². The van der Waals surface area contributed by atoms with E-state index in [2.05, 4.69) is 38.2 Å². The molecule has 3 heteroatoms. The van der Waals surface area contributed by atoms with E-state index in [1.54, 1.807) is 0 Å². The van der Waals surface area contributed by atoms with Gasteiger partial charge in [0.2, 0.25) is 0 Å². The summed E-state index contributed by atoms with van der Waals surface area (Å²) in [5.41, 5.74) is 2.47. The summed E-state index contributed by atoms with van der Waals surface area (Å²) in [7, 11) is -0.733. The monoisotopic (exact) mass is 295 g/mol. The van der Waals surface area contributed by atoms with Crippen LogP contribution in [0.3, 0.4) is 0 Å². The Morgan fingerprint density at radius 1 is 1.25 bits per heavy atom. The Balaban J connectivity index is 2.28. The number of benzene rings is 1. The zero-order valence-electron chi connectivity index (χ0n) is 13.2. The molecule has 2 nitrogen and oxygen atoms in total. The molecule has 1 rings (SSSR count). The predicted octanol–water partition coefficient (Wildman–Crippen LogP) is 3.80. The lowest BCUT2D eigenvalue weighted by Crippen LogP contribution is -2.29. The topological polar surface area (TPSA) is 29.1 Å². The van der Waals surface area contributed by atoms with Crippen LogP contribution in [0, 0.1) is 6.92 Å². The van der Waals surface area contributed by atoms with E-state index in [9.17, 15) is 4.21 Å². The number of rotatable bonds is 10. The molecule has 114 valence electrons. The molecule has 0 radical (unpaired) electrons. The second-order valence-electron chi connectivity index (χ2n) is 5.42. The predicted molar refractivity (Wildman–Crippen MR) is 89.5 cm³/mol. The summed E-state index contributed by atoms with van der Waals surface area (Å²) in [6.07, 6.45) is 4.52. The van der Waals surface area contributed by atoms with E-state index in [0.717, 1.165) is 31.6 Å². The molecule has 1 aromatic carbocycles. The molecule has 0 saturated carbocycles. The minimum Gasteiger partial charge on any atom is -0.314 e. The van der Waals surface area contributed by atoms with Gasteiger partial charge in [0.1, 0.15) is 0 Å². The summed E-state index contributed by atoms with van der Waals surface area (Å²) >= 11 is 0. The first kappa shape index (κ1) is 17.4. The van der Waals surface area contributed by atoms with Gasteiger partial charge in [-0.05, 0) is 50.3 Å². The van der Waals surface area contributed by atoms with Crippen molar-refractivity contribution in [3.8, 4) is 0 Å². The molecule has 0 saturated heterocycles. The van der Waals surface area contributed by atoms with E-state index in [1.807, 2.05) is 12.1 Å². The van der Waals surface area contributed by atoms with Crippen LogP contribution in [0.4, 0.5) is 0 Å². The zero-order valence-corrected chi connectivity index (χ0v) is 14.0. The summed E-state index contributed by atoms with van der Waals surface area (Å²) in [6.45, 7) is 7.59. The molecule has 0 heterocycles. The van der Waals surface area contributed by atoms with Crippen LogP contribution in [0.25, 0.3) is 0 Å². The van der Waals surface area contributed by atoms with Crippen molar-refractivity contribution in [3.63, 3.8) is 0 Å². The van der Waals surface area contributed by atoms with Crippen molar-refractivity contribution >= 4 is 10.8 Å². The van der Waals surface area contributed by atoms with Gasteiger partial charge in [-0.25, -0.2) is 0 Å². The van der Waals surface area contributed by atoms with Crippen molar-refractivity contribution in [1.82, 2.24) is 5.32 Å². The van der Waals surface area contributed by atoms with Crippen LogP contribution in [0.5, 0.6) is 0 Å². The zero-order chi connectivity index (χ0) is 14.8. The molecule has 20 heavy (non-hydrogen) atoms. The number of nitrogens with one attached hydrogen (secondary N) is 1. The normalized spacial score (nSPS) is 14.2. The third-order valence-electron chi connectivity index (χ3n) is 3.68. The number of hydrogen-bond donors (Lipinski definition) is 1. The van der Waals surface area contributed by atoms with Gasteiger partial charge in [0, 0.05) is 28.3 Å². The van der Waals surface area contributed by atoms with Crippen LogP contribution >= 0.6 is 0 Å². The first-order valence-electron chi connectivity index (χ1n) is 7.80. The van der Waals surface area contributed by atoms with Crippen molar-refractivity contribution in [2.45, 2.75) is 58.2 Å². The molecule has 0 aromatic heterocycles. The Hall–Kier alpha value is -0.670. The van der Waals surface area contributed by atoms with Crippen molar-refractivity contribution in [1.29, 1.82) is 0 Å². The van der Waals surface area contributed by atoms with Crippen LogP contribution in [0.1, 0.15) is 50.7 Å². The quantitative estimate of drug-likeness (QED) is 0.711. The molecular weight excluding hydrogens is 266 g/mol. The Labute approximate surface area is 126 Å². The van der Waals surface area contributed by atoms with Gasteiger partial charge >= 0.3 is 0 Å². The maximum Gasteiger partial charge on any atom is 0.0488 e. The van der Waals surface area contributed by atoms with E-state index >= 15 is 0 Å². The van der Waals surface area contributed by atoms with Crippen LogP contribution in [0.15, 0.2) is 24.3 Å². The first-order chi connectivity index (χ1) is 9.67. The summed E-state index contributed by atoms with van der Waals surface area (Å²) in [5.74, 6) is 1.52. The lowest BCUT2D eigenvalue weighted by atomic mass is 10.1. The minimum atomic E-state index is -0.733. The van der Waals surface area contributed by atoms with Crippen LogP contribution in [0.2, 0.25) is 0 Å². The fraction of sp³-hybridized carbons (Fsp3) is 0.647. The van der Waals surface area contributed by atoms with Gasteiger partial charge in [-0.15, -0.1) is 0 Å². The van der Waals surface area contributed by atoms with Crippen molar-refractivity contribution < 1.29 is 4.21 Å². The van der Waals surface area contributed by atoms with Gasteiger partial charge in [-0.1, -0.05) is 38.1 Å². The highest BCUT2D eigenvalue weighted by atomic mass is 32.2. The van der Waals surface area contributed by atoms with Crippen molar-refractivity contribution in [2.75, 3.05) is 12.3 Å². The number of hydrogen-bond acceptors (Lipinski definition) is 2. The van der Waals surface area contributed by atoms with Crippen molar-refractivity contribution in [2.24, 2.45) is 0 Å². The van der Waals surface area contributed by atoms with Gasteiger partial charge in [0.25, 0.3) is 0 Å². The highest BCUT2D eigenvalue weighted by Gasteiger charge is 2.08. The standard InChI is InChI=1S/C17H29NOS/c1-4-12-18-17(5-2)11-8-13-20(19)14-16-10-7-6-9-15(16)3/h6-7,9-10,17-18H,4-5,8,11-14H2,1-3H3. The van der Waals surface area contributed by atoms with Gasteiger partial charge in [0.05, 0.1) is 0 Å². The maximum atomic E-state index is 12.1. The van der Waals surface area contributed by atoms with Crippen LogP contribution < -0.4 is 5.32 Å². The highest BCUT2D eigenvalue weighted by molar-refractivity contribution is 7.84. The lowest BCUT2D eigenvalue weighted by Gasteiger charge is -2.16. The largest absolute Gasteiger partial charge is 0.314 e. The number of aryl methyl sites for hydroxylation is 1. The molecule has 0 aliphatic carbocycles. The second kappa shape index (κ2) is 10.1. The molecule has 0 fully saturated rings. The summed E-state index contributed by atoms with van der Waals surface area (Å²) < 4.78 is 12.1. The fourth-order valence-corrected chi connectivity index (χ4v) is 3.61. The summed E-state index contributed by atoms with van der Waals surface area (Å²) in [4.78, 5) is 0. The highest BCUT2D eigenvalue weighted by Crippen LogP contribution is 2.11. The Kier molecular flexibility index (Phi) is 8.79. The van der Waals surface area contributed by atoms with Gasteiger partial charge < -0.3 is 5.32 Å². The van der Waals surface area contributed by atoms with E-state index in [-0.39, 0.29) is 0 Å². The van der Waals surface area contributed by atoms with Crippen molar-refractivity contribution in [3.05, 3.63) is 35.4 Å².